The van der Waals surface area contributed by atoms with E-state index in [4.69, 9.17) is 0 Å². The van der Waals surface area contributed by atoms with Crippen molar-refractivity contribution in [2.75, 3.05) is 58.8 Å². The van der Waals surface area contributed by atoms with E-state index in [1.807, 2.05) is 13.8 Å². The number of rotatable bonds is 3. The number of carbonyl (C=O) groups is 2. The monoisotopic (exact) mass is 360 g/mol. The summed E-state index contributed by atoms with van der Waals surface area (Å²) in [5, 5.41) is 0. The molecule has 0 aromatic carbocycles. The number of hydrogen-bond acceptors (Lipinski definition) is 6. The van der Waals surface area contributed by atoms with E-state index in [0.717, 1.165) is 36.6 Å². The molecule has 1 aromatic rings. The van der Waals surface area contributed by atoms with Gasteiger partial charge in [-0.3, -0.25) is 9.59 Å². The van der Waals surface area contributed by atoms with Gasteiger partial charge >= 0.3 is 0 Å². The summed E-state index contributed by atoms with van der Waals surface area (Å²) < 4.78 is 0. The van der Waals surface area contributed by atoms with Gasteiger partial charge < -0.3 is 19.6 Å². The van der Waals surface area contributed by atoms with E-state index in [-0.39, 0.29) is 24.2 Å². The molecule has 8 heteroatoms. The Labute approximate surface area is 154 Å². The van der Waals surface area contributed by atoms with Crippen LogP contribution in [0.1, 0.15) is 28.3 Å². The van der Waals surface area contributed by atoms with E-state index < -0.39 is 0 Å². The third-order valence-corrected chi connectivity index (χ3v) is 5.49. The highest BCUT2D eigenvalue weighted by Gasteiger charge is 2.30. The largest absolute Gasteiger partial charge is 0.355 e. The molecular weight excluding hydrogens is 332 g/mol. The van der Waals surface area contributed by atoms with Crippen molar-refractivity contribution in [2.45, 2.75) is 26.3 Å². The molecule has 2 saturated heterocycles. The summed E-state index contributed by atoms with van der Waals surface area (Å²) in [5.74, 6) is 0.709. The minimum absolute atomic E-state index is 0.0537. The van der Waals surface area contributed by atoms with Gasteiger partial charge in [-0.15, -0.1) is 0 Å². The van der Waals surface area contributed by atoms with Gasteiger partial charge in [0, 0.05) is 50.5 Å². The molecule has 0 aliphatic carbocycles. The van der Waals surface area contributed by atoms with Crippen LogP contribution in [0, 0.1) is 13.8 Å². The molecule has 0 saturated carbocycles. The molecule has 0 bridgehead atoms. The molecule has 3 rings (SSSR count). The van der Waals surface area contributed by atoms with Crippen LogP contribution in [0.4, 0.5) is 5.82 Å². The molecule has 0 unspecified atom stereocenters. The minimum atomic E-state index is -0.265. The summed E-state index contributed by atoms with van der Waals surface area (Å²) in [4.78, 5) is 41.4. The van der Waals surface area contributed by atoms with Gasteiger partial charge in [0.1, 0.15) is 12.4 Å². The summed E-state index contributed by atoms with van der Waals surface area (Å²) >= 11 is 0. The SMILES string of the molecule is Cc1nc(C(=O)N2CCN(C)C(=O)C2)nc(N2CC[C@@H](N(C)C)C2)c1C. The molecule has 8 nitrogen and oxygen atoms in total. The molecule has 2 amide bonds. The van der Waals surface area contributed by atoms with E-state index in [1.54, 1.807) is 16.8 Å². The first-order valence-corrected chi connectivity index (χ1v) is 9.07. The van der Waals surface area contributed by atoms with Crippen molar-refractivity contribution in [2.24, 2.45) is 0 Å². The number of anilines is 1. The van der Waals surface area contributed by atoms with Crippen molar-refractivity contribution in [3.63, 3.8) is 0 Å². The van der Waals surface area contributed by atoms with Crippen LogP contribution in [0.3, 0.4) is 0 Å². The summed E-state index contributed by atoms with van der Waals surface area (Å²) in [6.07, 6.45) is 1.08. The molecule has 0 N–H and O–H groups in total. The Morgan fingerprint density at radius 2 is 1.88 bits per heavy atom. The zero-order valence-corrected chi connectivity index (χ0v) is 16.3. The standard InChI is InChI=1S/C18H28N6O2/c1-12-13(2)19-16(18(26)24-9-8-22(5)15(25)11-24)20-17(12)23-7-6-14(10-23)21(3)4/h14H,6-11H2,1-5H3/t14-/m1/s1. The molecule has 2 fully saturated rings. The fraction of sp³-hybridized carbons (Fsp3) is 0.667. The second-order valence-corrected chi connectivity index (χ2v) is 7.48. The zero-order chi connectivity index (χ0) is 19.0. The first kappa shape index (κ1) is 18.6. The predicted octanol–water partition coefficient (Wildman–Crippen LogP) is 0.148. The number of nitrogens with zero attached hydrogens (tertiary/aromatic N) is 6. The van der Waals surface area contributed by atoms with Crippen LogP contribution in [0.2, 0.25) is 0 Å². The van der Waals surface area contributed by atoms with Crippen molar-refractivity contribution >= 4 is 17.6 Å². The Morgan fingerprint density at radius 1 is 1.15 bits per heavy atom. The third kappa shape index (κ3) is 3.51. The molecule has 2 aliphatic heterocycles. The second-order valence-electron chi connectivity index (χ2n) is 7.48. The number of aromatic nitrogens is 2. The van der Waals surface area contributed by atoms with Crippen molar-refractivity contribution in [1.82, 2.24) is 24.7 Å². The molecule has 1 atom stereocenters. The van der Waals surface area contributed by atoms with Gasteiger partial charge in [0.15, 0.2) is 0 Å². The fourth-order valence-corrected chi connectivity index (χ4v) is 3.45. The van der Waals surface area contributed by atoms with Gasteiger partial charge in [-0.1, -0.05) is 0 Å². The van der Waals surface area contributed by atoms with Gasteiger partial charge in [0.25, 0.3) is 5.91 Å². The normalized spacial score (nSPS) is 21.1. The van der Waals surface area contributed by atoms with Crippen molar-refractivity contribution < 1.29 is 9.59 Å². The Bertz CT molecular complexity index is 720. The number of hydrogen-bond donors (Lipinski definition) is 0. The van der Waals surface area contributed by atoms with E-state index in [9.17, 15) is 9.59 Å². The topological polar surface area (TPSA) is 72.9 Å². The molecule has 0 radical (unpaired) electrons. The smallest absolute Gasteiger partial charge is 0.292 e. The fourth-order valence-electron chi connectivity index (χ4n) is 3.45. The van der Waals surface area contributed by atoms with E-state index in [0.29, 0.717) is 19.1 Å². The molecule has 0 spiro atoms. The summed E-state index contributed by atoms with van der Waals surface area (Å²) in [7, 11) is 5.93. The maximum Gasteiger partial charge on any atom is 0.292 e. The van der Waals surface area contributed by atoms with E-state index in [1.165, 1.54) is 0 Å². The van der Waals surface area contributed by atoms with Crippen LogP contribution in [-0.2, 0) is 4.79 Å². The second kappa shape index (κ2) is 7.19. The highest BCUT2D eigenvalue weighted by molar-refractivity contribution is 5.94. The van der Waals surface area contributed by atoms with Gasteiger partial charge in [-0.05, 0) is 34.4 Å². The number of likely N-dealkylation sites (N-methyl/N-ethyl adjacent to an activating group) is 2. The van der Waals surface area contributed by atoms with E-state index >= 15 is 0 Å². The maximum absolute atomic E-state index is 12.9. The lowest BCUT2D eigenvalue weighted by atomic mass is 10.2. The average molecular weight is 360 g/mol. The lowest BCUT2D eigenvalue weighted by Crippen LogP contribution is -2.51. The van der Waals surface area contributed by atoms with Crippen LogP contribution < -0.4 is 4.90 Å². The number of amides is 2. The van der Waals surface area contributed by atoms with Crippen molar-refractivity contribution in [3.8, 4) is 0 Å². The van der Waals surface area contributed by atoms with Gasteiger partial charge in [0.2, 0.25) is 11.7 Å². The van der Waals surface area contributed by atoms with E-state index in [2.05, 4.69) is 33.9 Å². The quantitative estimate of drug-likeness (QED) is 0.764. The first-order valence-electron chi connectivity index (χ1n) is 9.07. The Balaban J connectivity index is 1.84. The average Bonchev–Trinajstić information content (AvgIpc) is 3.09. The van der Waals surface area contributed by atoms with Crippen LogP contribution in [-0.4, -0.2) is 96.4 Å². The highest BCUT2D eigenvalue weighted by atomic mass is 16.2. The number of aryl methyl sites for hydroxylation is 1. The Kier molecular flexibility index (Phi) is 5.13. The van der Waals surface area contributed by atoms with Crippen LogP contribution >= 0.6 is 0 Å². The van der Waals surface area contributed by atoms with Gasteiger partial charge in [-0.2, -0.15) is 0 Å². The third-order valence-electron chi connectivity index (χ3n) is 5.49. The maximum atomic E-state index is 12.9. The molecule has 26 heavy (non-hydrogen) atoms. The molecule has 2 aliphatic rings. The van der Waals surface area contributed by atoms with Crippen LogP contribution in [0.25, 0.3) is 0 Å². The van der Waals surface area contributed by atoms with Crippen molar-refractivity contribution in [3.05, 3.63) is 17.1 Å². The number of piperazine rings is 1. The summed E-state index contributed by atoms with van der Waals surface area (Å²) in [6, 6.07) is 0.485. The number of carbonyl (C=O) groups excluding carboxylic acids is 2. The minimum Gasteiger partial charge on any atom is -0.355 e. The predicted molar refractivity (Wildman–Crippen MR) is 99.4 cm³/mol. The zero-order valence-electron chi connectivity index (χ0n) is 16.3. The Hall–Kier alpha value is -2.22. The molecule has 3 heterocycles. The van der Waals surface area contributed by atoms with Gasteiger partial charge in [0.05, 0.1) is 0 Å². The van der Waals surface area contributed by atoms with Crippen molar-refractivity contribution in [1.29, 1.82) is 0 Å². The molecule has 142 valence electrons. The molecule has 1 aromatic heterocycles. The van der Waals surface area contributed by atoms with Crippen LogP contribution in [0.15, 0.2) is 0 Å². The first-order chi connectivity index (χ1) is 12.3. The molecular formula is C18H28N6O2. The summed E-state index contributed by atoms with van der Waals surface area (Å²) in [5.41, 5.74) is 1.82. The lowest BCUT2D eigenvalue weighted by molar-refractivity contribution is -0.133. The highest BCUT2D eigenvalue weighted by Crippen LogP contribution is 2.25. The Morgan fingerprint density at radius 3 is 2.50 bits per heavy atom. The van der Waals surface area contributed by atoms with Crippen LogP contribution in [0.5, 0.6) is 0 Å². The lowest BCUT2D eigenvalue weighted by Gasteiger charge is -2.31. The summed E-state index contributed by atoms with van der Waals surface area (Å²) in [6.45, 7) is 6.87. The van der Waals surface area contributed by atoms with Gasteiger partial charge in [-0.25, -0.2) is 9.97 Å².